The van der Waals surface area contributed by atoms with E-state index in [1.807, 2.05) is 6.92 Å². The average Bonchev–Trinajstić information content (AvgIpc) is 2.59. The molecular weight excluding hydrogens is 316 g/mol. The van der Waals surface area contributed by atoms with Gasteiger partial charge in [0, 0.05) is 12.2 Å². The van der Waals surface area contributed by atoms with Crippen molar-refractivity contribution < 1.29 is 20.3 Å². The molecule has 5 heteroatoms. The highest BCUT2D eigenvalue weighted by atomic mass is 16.4. The fourth-order valence-corrected chi connectivity index (χ4v) is 2.20. The lowest BCUT2D eigenvalue weighted by molar-refractivity contribution is -0.648. The van der Waals surface area contributed by atoms with Gasteiger partial charge in [-0.2, -0.15) is 0 Å². The minimum absolute atomic E-state index is 0.203. The summed E-state index contributed by atoms with van der Waals surface area (Å²) >= 11 is 0. The average molecular weight is 344 g/mol. The molecule has 4 N–H and O–H groups in total. The molecule has 0 aliphatic rings. The first kappa shape index (κ1) is 20.5. The SMILES string of the molecule is CC[NH2+]CC.Cc1ccc(CCNc2ccc([O-])c(C(=O)O)c2)cc1. The summed E-state index contributed by atoms with van der Waals surface area (Å²) in [7, 11) is 0. The Kier molecular flexibility index (Phi) is 9.11. The molecule has 0 amide bonds. The third-order valence-corrected chi connectivity index (χ3v) is 3.65. The van der Waals surface area contributed by atoms with Crippen LogP contribution in [-0.4, -0.2) is 30.7 Å². The number of hydrogen-bond acceptors (Lipinski definition) is 3. The van der Waals surface area contributed by atoms with Crippen molar-refractivity contribution in [1.29, 1.82) is 0 Å². The first-order valence-corrected chi connectivity index (χ1v) is 8.63. The molecule has 0 aromatic heterocycles. The second kappa shape index (κ2) is 11.1. The van der Waals surface area contributed by atoms with Crippen LogP contribution in [0.2, 0.25) is 0 Å². The van der Waals surface area contributed by atoms with E-state index in [0.29, 0.717) is 12.2 Å². The molecule has 25 heavy (non-hydrogen) atoms. The zero-order valence-electron chi connectivity index (χ0n) is 15.2. The van der Waals surface area contributed by atoms with Crippen molar-refractivity contribution in [1.82, 2.24) is 0 Å². The molecule has 0 bridgehead atoms. The molecule has 0 spiro atoms. The molecule has 2 aromatic carbocycles. The third-order valence-electron chi connectivity index (χ3n) is 3.65. The lowest BCUT2D eigenvalue weighted by atomic mass is 10.1. The van der Waals surface area contributed by atoms with Gasteiger partial charge < -0.3 is 20.8 Å². The lowest BCUT2D eigenvalue weighted by Gasteiger charge is -2.13. The fourth-order valence-electron chi connectivity index (χ4n) is 2.20. The van der Waals surface area contributed by atoms with Crippen LogP contribution in [-0.2, 0) is 6.42 Å². The number of hydrogen-bond donors (Lipinski definition) is 3. The van der Waals surface area contributed by atoms with Gasteiger partial charge in [0.2, 0.25) is 0 Å². The number of quaternary nitrogens is 1. The van der Waals surface area contributed by atoms with Crippen LogP contribution in [0.25, 0.3) is 0 Å². The number of anilines is 1. The molecule has 0 heterocycles. The Hall–Kier alpha value is -2.53. The Morgan fingerprint density at radius 1 is 1.12 bits per heavy atom. The maximum Gasteiger partial charge on any atom is 0.335 e. The fraction of sp³-hybridized carbons (Fsp3) is 0.350. The largest absolute Gasteiger partial charge is 0.872 e. The molecule has 0 unspecified atom stereocenters. The van der Waals surface area contributed by atoms with E-state index in [2.05, 4.69) is 48.7 Å². The van der Waals surface area contributed by atoms with Gasteiger partial charge in [-0.05, 0) is 44.9 Å². The van der Waals surface area contributed by atoms with Crippen LogP contribution < -0.4 is 15.7 Å². The lowest BCUT2D eigenvalue weighted by Crippen LogP contribution is -2.82. The van der Waals surface area contributed by atoms with Crippen LogP contribution in [0.4, 0.5) is 5.69 Å². The van der Waals surface area contributed by atoms with Crippen molar-refractivity contribution in [3.8, 4) is 5.75 Å². The molecule has 0 aliphatic carbocycles. The molecule has 0 saturated heterocycles. The van der Waals surface area contributed by atoms with Crippen LogP contribution in [0.15, 0.2) is 42.5 Å². The van der Waals surface area contributed by atoms with E-state index in [1.54, 1.807) is 6.07 Å². The van der Waals surface area contributed by atoms with Gasteiger partial charge in [-0.15, -0.1) is 0 Å². The Morgan fingerprint density at radius 3 is 2.28 bits per heavy atom. The van der Waals surface area contributed by atoms with Gasteiger partial charge in [0.15, 0.2) is 0 Å². The quantitative estimate of drug-likeness (QED) is 0.717. The van der Waals surface area contributed by atoms with Crippen molar-refractivity contribution in [2.45, 2.75) is 27.2 Å². The van der Waals surface area contributed by atoms with Crippen LogP contribution >= 0.6 is 0 Å². The number of carboxylic acid groups (broad SMARTS) is 1. The number of nitrogens with two attached hydrogens (primary N) is 1. The number of carboxylic acids is 1. The minimum Gasteiger partial charge on any atom is -0.872 e. The minimum atomic E-state index is -1.20. The van der Waals surface area contributed by atoms with Gasteiger partial charge in [0.25, 0.3) is 0 Å². The third kappa shape index (κ3) is 7.72. The Balaban J connectivity index is 0.000000550. The van der Waals surface area contributed by atoms with E-state index in [0.717, 1.165) is 6.42 Å². The highest BCUT2D eigenvalue weighted by Crippen LogP contribution is 2.19. The Bertz CT molecular complexity index is 652. The summed E-state index contributed by atoms with van der Waals surface area (Å²) in [5.74, 6) is -1.67. The van der Waals surface area contributed by atoms with Crippen molar-refractivity contribution >= 4 is 11.7 Å². The van der Waals surface area contributed by atoms with E-state index < -0.39 is 11.7 Å². The van der Waals surface area contributed by atoms with Crippen molar-refractivity contribution in [2.24, 2.45) is 0 Å². The summed E-state index contributed by atoms with van der Waals surface area (Å²) in [6.45, 7) is 9.47. The van der Waals surface area contributed by atoms with E-state index >= 15 is 0 Å². The zero-order chi connectivity index (χ0) is 18.7. The first-order valence-electron chi connectivity index (χ1n) is 8.63. The summed E-state index contributed by atoms with van der Waals surface area (Å²) < 4.78 is 0. The molecule has 0 aliphatic heterocycles. The van der Waals surface area contributed by atoms with Crippen molar-refractivity contribution in [3.63, 3.8) is 0 Å². The van der Waals surface area contributed by atoms with E-state index in [-0.39, 0.29) is 5.56 Å². The monoisotopic (exact) mass is 344 g/mol. The first-order chi connectivity index (χ1) is 12.0. The van der Waals surface area contributed by atoms with E-state index in [1.165, 1.54) is 36.3 Å². The van der Waals surface area contributed by atoms with Gasteiger partial charge in [-0.3, -0.25) is 0 Å². The molecule has 0 fully saturated rings. The van der Waals surface area contributed by atoms with E-state index in [4.69, 9.17) is 5.11 Å². The van der Waals surface area contributed by atoms with Gasteiger partial charge >= 0.3 is 5.97 Å². The summed E-state index contributed by atoms with van der Waals surface area (Å²) in [6.07, 6.45) is 0.835. The standard InChI is InChI=1S/C16H17NO3.C4H11N/c1-11-2-4-12(5-3-11)8-9-17-13-6-7-15(18)14(10-13)16(19)20;1-3-5-4-2/h2-7,10,17-18H,8-9H2,1H3,(H,19,20);5H,3-4H2,1-2H3. The van der Waals surface area contributed by atoms with Crippen LogP contribution in [0, 0.1) is 6.92 Å². The van der Waals surface area contributed by atoms with Crippen molar-refractivity contribution in [3.05, 3.63) is 59.2 Å². The molecule has 2 aromatic rings. The molecule has 0 saturated carbocycles. The maximum atomic E-state index is 11.3. The summed E-state index contributed by atoms with van der Waals surface area (Å²) in [5, 5.41) is 25.6. The second-order valence-electron chi connectivity index (χ2n) is 5.78. The van der Waals surface area contributed by atoms with Gasteiger partial charge in [0.05, 0.1) is 18.7 Å². The Morgan fingerprint density at radius 2 is 1.76 bits per heavy atom. The summed E-state index contributed by atoms with van der Waals surface area (Å²) in [6, 6.07) is 12.5. The van der Waals surface area contributed by atoms with E-state index in [9.17, 15) is 9.90 Å². The van der Waals surface area contributed by atoms with Crippen LogP contribution in [0.3, 0.4) is 0 Å². The van der Waals surface area contributed by atoms with Gasteiger partial charge in [-0.25, -0.2) is 4.79 Å². The highest BCUT2D eigenvalue weighted by Gasteiger charge is 2.04. The summed E-state index contributed by atoms with van der Waals surface area (Å²) in [4.78, 5) is 10.9. The Labute approximate surface area is 149 Å². The number of carbonyl (C=O) groups is 1. The second-order valence-corrected chi connectivity index (χ2v) is 5.78. The smallest absolute Gasteiger partial charge is 0.335 e. The van der Waals surface area contributed by atoms with Crippen molar-refractivity contribution in [2.75, 3.05) is 25.0 Å². The summed E-state index contributed by atoms with van der Waals surface area (Å²) in [5.41, 5.74) is 2.88. The normalized spacial score (nSPS) is 9.88. The van der Waals surface area contributed by atoms with Crippen LogP contribution in [0.1, 0.15) is 35.3 Å². The molecular formula is C20H28N2O3. The van der Waals surface area contributed by atoms with Gasteiger partial charge in [0.1, 0.15) is 0 Å². The predicted octanol–water partition coefficient (Wildman–Crippen LogP) is 2.01. The zero-order valence-corrected chi connectivity index (χ0v) is 15.2. The predicted molar refractivity (Wildman–Crippen MR) is 99.2 cm³/mol. The number of nitrogens with one attached hydrogen (secondary N) is 1. The van der Waals surface area contributed by atoms with Gasteiger partial charge in [-0.1, -0.05) is 41.6 Å². The molecule has 5 nitrogen and oxygen atoms in total. The van der Waals surface area contributed by atoms with Crippen LogP contribution in [0.5, 0.6) is 5.75 Å². The highest BCUT2D eigenvalue weighted by molar-refractivity contribution is 5.91. The molecule has 136 valence electrons. The molecule has 0 radical (unpaired) electrons. The maximum absolute atomic E-state index is 11.3. The number of benzene rings is 2. The number of aromatic carboxylic acids is 1. The molecule has 0 atom stereocenters. The number of aryl methyl sites for hydroxylation is 1. The topological polar surface area (TPSA) is 89.0 Å². The number of rotatable bonds is 7. The molecule has 2 rings (SSSR count).